The van der Waals surface area contributed by atoms with Gasteiger partial charge in [0.1, 0.15) is 5.69 Å². The van der Waals surface area contributed by atoms with Gasteiger partial charge >= 0.3 is 5.97 Å². The number of hydrogen-bond donors (Lipinski definition) is 1. The number of esters is 1. The van der Waals surface area contributed by atoms with E-state index in [0.29, 0.717) is 28.9 Å². The molecule has 1 N–H and O–H groups in total. The lowest BCUT2D eigenvalue weighted by molar-refractivity contribution is 0.0599. The van der Waals surface area contributed by atoms with Crippen LogP contribution in [0.1, 0.15) is 38.5 Å². The fraction of sp³-hybridized carbons (Fsp3) is 0.571. The Balaban J connectivity index is 2.29. The van der Waals surface area contributed by atoms with E-state index in [1.165, 1.54) is 12.0 Å². The summed E-state index contributed by atoms with van der Waals surface area (Å²) in [5, 5.41) is 0. The fourth-order valence-corrected chi connectivity index (χ4v) is 4.57. The van der Waals surface area contributed by atoms with Gasteiger partial charge in [0.05, 0.1) is 24.2 Å². The number of rotatable bonds is 3. The van der Waals surface area contributed by atoms with Crippen LogP contribution in [0.4, 0.5) is 0 Å². The van der Waals surface area contributed by atoms with Gasteiger partial charge < -0.3 is 14.6 Å². The molecule has 1 saturated heterocycles. The predicted octanol–water partition coefficient (Wildman–Crippen LogP) is 0.677. The van der Waals surface area contributed by atoms with Gasteiger partial charge in [-0.05, 0) is 25.8 Å². The Labute approximate surface area is 129 Å². The van der Waals surface area contributed by atoms with Crippen molar-refractivity contribution in [3.05, 3.63) is 22.5 Å². The van der Waals surface area contributed by atoms with Crippen LogP contribution in [-0.2, 0) is 14.6 Å². The molecule has 0 aliphatic carbocycles. The van der Waals surface area contributed by atoms with Crippen LogP contribution in [0.15, 0.2) is 0 Å². The number of ether oxygens (including phenoxy) is 1. The van der Waals surface area contributed by atoms with Crippen molar-refractivity contribution in [3.8, 4) is 0 Å². The van der Waals surface area contributed by atoms with Gasteiger partial charge in [0.15, 0.2) is 9.84 Å². The Morgan fingerprint density at radius 1 is 1.32 bits per heavy atom. The zero-order valence-electron chi connectivity index (χ0n) is 13.1. The maximum absolute atomic E-state index is 12.6. The number of carbonyl (C=O) groups excluding carboxylic acids is 2. The number of nitrogens with zero attached hydrogens (tertiary/aromatic N) is 1. The van der Waals surface area contributed by atoms with Crippen LogP contribution in [0.5, 0.6) is 0 Å². The third kappa shape index (κ3) is 2.87. The molecular formula is C14H20N2O5S. The summed E-state index contributed by atoms with van der Waals surface area (Å²) in [5.41, 5.74) is 1.71. The first-order valence-electron chi connectivity index (χ1n) is 6.93. The minimum atomic E-state index is -3.06. The molecule has 22 heavy (non-hydrogen) atoms. The van der Waals surface area contributed by atoms with E-state index >= 15 is 0 Å². The first kappa shape index (κ1) is 16.5. The molecule has 0 aromatic carbocycles. The lowest BCUT2D eigenvalue weighted by Crippen LogP contribution is -2.38. The highest BCUT2D eigenvalue weighted by Crippen LogP contribution is 2.23. The Morgan fingerprint density at radius 3 is 2.45 bits per heavy atom. The molecule has 1 amide bonds. The molecule has 1 aliphatic heterocycles. The number of hydrogen-bond acceptors (Lipinski definition) is 5. The highest BCUT2D eigenvalue weighted by molar-refractivity contribution is 7.91. The topological polar surface area (TPSA) is 96.5 Å². The van der Waals surface area contributed by atoms with E-state index in [9.17, 15) is 18.0 Å². The summed E-state index contributed by atoms with van der Waals surface area (Å²) >= 11 is 0. The zero-order valence-corrected chi connectivity index (χ0v) is 13.9. The summed E-state index contributed by atoms with van der Waals surface area (Å²) in [4.78, 5) is 28.7. The summed E-state index contributed by atoms with van der Waals surface area (Å²) in [5.74, 6) is -0.738. The number of aromatic nitrogens is 1. The smallest absolute Gasteiger partial charge is 0.339 e. The van der Waals surface area contributed by atoms with Crippen molar-refractivity contribution in [1.29, 1.82) is 0 Å². The van der Waals surface area contributed by atoms with Crippen LogP contribution in [0.25, 0.3) is 0 Å². The van der Waals surface area contributed by atoms with E-state index in [-0.39, 0.29) is 23.5 Å². The van der Waals surface area contributed by atoms with E-state index in [2.05, 4.69) is 4.98 Å². The van der Waals surface area contributed by atoms with Crippen LogP contribution >= 0.6 is 0 Å². The van der Waals surface area contributed by atoms with Gasteiger partial charge in [0, 0.05) is 18.8 Å². The van der Waals surface area contributed by atoms with Gasteiger partial charge in [-0.15, -0.1) is 0 Å². The lowest BCUT2D eigenvalue weighted by Gasteiger charge is -2.23. The normalized spacial score (nSPS) is 19.9. The number of carbonyl (C=O) groups is 2. The Kier molecular flexibility index (Phi) is 4.32. The van der Waals surface area contributed by atoms with Crippen molar-refractivity contribution in [1.82, 2.24) is 9.88 Å². The van der Waals surface area contributed by atoms with E-state index in [1.54, 1.807) is 20.9 Å². The highest BCUT2D eigenvalue weighted by Gasteiger charge is 2.34. The van der Waals surface area contributed by atoms with Crippen molar-refractivity contribution in [2.24, 2.45) is 0 Å². The van der Waals surface area contributed by atoms with Crippen molar-refractivity contribution >= 4 is 21.7 Å². The molecule has 7 nitrogen and oxygen atoms in total. The zero-order chi connectivity index (χ0) is 16.7. The van der Waals surface area contributed by atoms with Crippen molar-refractivity contribution in [2.45, 2.75) is 26.3 Å². The highest BCUT2D eigenvalue weighted by atomic mass is 32.2. The van der Waals surface area contributed by atoms with Crippen molar-refractivity contribution < 1.29 is 22.7 Å². The van der Waals surface area contributed by atoms with Gasteiger partial charge in [-0.1, -0.05) is 0 Å². The van der Waals surface area contributed by atoms with Crippen molar-refractivity contribution in [3.63, 3.8) is 0 Å². The third-order valence-electron chi connectivity index (χ3n) is 4.12. The number of H-pyrrole nitrogens is 1. The van der Waals surface area contributed by atoms with Gasteiger partial charge in [-0.2, -0.15) is 0 Å². The summed E-state index contributed by atoms with van der Waals surface area (Å²) in [6, 6.07) is -0.331. The molecule has 0 saturated carbocycles. The van der Waals surface area contributed by atoms with Crippen LogP contribution < -0.4 is 0 Å². The quantitative estimate of drug-likeness (QED) is 0.823. The number of nitrogens with one attached hydrogen (secondary N) is 1. The second kappa shape index (κ2) is 5.75. The Hall–Kier alpha value is -1.83. The average molecular weight is 328 g/mol. The molecule has 1 unspecified atom stereocenters. The molecule has 1 aromatic heterocycles. The second-order valence-electron chi connectivity index (χ2n) is 5.59. The molecule has 1 atom stereocenters. The molecule has 0 bridgehead atoms. The van der Waals surface area contributed by atoms with Crippen LogP contribution in [0.2, 0.25) is 0 Å². The van der Waals surface area contributed by atoms with Crippen molar-refractivity contribution in [2.75, 3.05) is 25.7 Å². The monoisotopic (exact) mass is 328 g/mol. The molecule has 1 aromatic rings. The number of aryl methyl sites for hydroxylation is 1. The number of aromatic amines is 1. The second-order valence-corrected chi connectivity index (χ2v) is 7.82. The molecular weight excluding hydrogens is 308 g/mol. The van der Waals surface area contributed by atoms with E-state index < -0.39 is 15.8 Å². The summed E-state index contributed by atoms with van der Waals surface area (Å²) in [6.07, 6.45) is 0.438. The van der Waals surface area contributed by atoms with Gasteiger partial charge in [-0.25, -0.2) is 13.2 Å². The maximum Gasteiger partial charge on any atom is 0.339 e. The Morgan fingerprint density at radius 2 is 1.95 bits per heavy atom. The predicted molar refractivity (Wildman–Crippen MR) is 80.8 cm³/mol. The minimum Gasteiger partial charge on any atom is -0.465 e. The molecule has 1 fully saturated rings. The molecule has 0 spiro atoms. The first-order valence-corrected chi connectivity index (χ1v) is 8.75. The van der Waals surface area contributed by atoms with Gasteiger partial charge in [-0.3, -0.25) is 4.79 Å². The number of amides is 1. The number of sulfone groups is 1. The molecule has 1 aliphatic rings. The average Bonchev–Trinajstić information content (AvgIpc) is 2.96. The fourth-order valence-electron chi connectivity index (χ4n) is 2.80. The first-order chi connectivity index (χ1) is 10.2. The third-order valence-corrected chi connectivity index (χ3v) is 5.87. The summed E-state index contributed by atoms with van der Waals surface area (Å²) in [6.45, 7) is 3.36. The largest absolute Gasteiger partial charge is 0.465 e. The van der Waals surface area contributed by atoms with E-state index in [4.69, 9.17) is 4.74 Å². The number of methoxy groups -OCH3 is 1. The van der Waals surface area contributed by atoms with Gasteiger partial charge in [0.2, 0.25) is 0 Å². The minimum absolute atomic E-state index is 0.0160. The van der Waals surface area contributed by atoms with Crippen LogP contribution in [-0.4, -0.2) is 61.9 Å². The summed E-state index contributed by atoms with van der Waals surface area (Å²) in [7, 11) is -0.197. The summed E-state index contributed by atoms with van der Waals surface area (Å²) < 4.78 is 27.8. The molecule has 0 radical (unpaired) electrons. The molecule has 8 heteroatoms. The van der Waals surface area contributed by atoms with Gasteiger partial charge in [0.25, 0.3) is 5.91 Å². The Bertz CT molecular complexity index is 720. The molecule has 2 rings (SSSR count). The van der Waals surface area contributed by atoms with Crippen LogP contribution in [0, 0.1) is 13.8 Å². The molecule has 2 heterocycles. The van der Waals surface area contributed by atoms with E-state index in [1.807, 2.05) is 0 Å². The maximum atomic E-state index is 12.6. The SMILES string of the molecule is COC(=O)c1c(C)[nH]c(C(=O)N(C)C2CCS(=O)(=O)C2)c1C. The molecule has 122 valence electrons. The van der Waals surface area contributed by atoms with E-state index in [0.717, 1.165) is 0 Å². The standard InChI is InChI=1S/C14H20N2O5S/c1-8-11(14(18)21-4)9(2)15-12(8)13(17)16(3)10-5-6-22(19,20)7-10/h10,15H,5-7H2,1-4H3. The van der Waals surface area contributed by atoms with Crippen LogP contribution in [0.3, 0.4) is 0 Å². The lowest BCUT2D eigenvalue weighted by atomic mass is 10.1.